The molecule has 2 aromatic carbocycles. The van der Waals surface area contributed by atoms with Gasteiger partial charge in [0, 0.05) is 11.3 Å². The number of rotatable bonds is 5. The van der Waals surface area contributed by atoms with Crippen LogP contribution in [0.1, 0.15) is 23.8 Å². The topological polar surface area (TPSA) is 78.3 Å². The first-order valence-corrected chi connectivity index (χ1v) is 6.67. The number of nitrogen functional groups attached to an aromatic ring is 1. The van der Waals surface area contributed by atoms with Gasteiger partial charge in [0.25, 0.3) is 0 Å². The Labute approximate surface area is 124 Å². The average molecular weight is 282 g/mol. The van der Waals surface area contributed by atoms with E-state index >= 15 is 0 Å². The first-order chi connectivity index (χ1) is 10.1. The van der Waals surface area contributed by atoms with Crippen LogP contribution >= 0.6 is 0 Å². The van der Waals surface area contributed by atoms with Gasteiger partial charge in [0.05, 0.1) is 6.42 Å². The molecule has 0 amide bonds. The lowest BCUT2D eigenvalue weighted by Gasteiger charge is -2.12. The van der Waals surface area contributed by atoms with Gasteiger partial charge in [-0.15, -0.1) is 0 Å². The number of ether oxygens (including phenoxy) is 1. The van der Waals surface area contributed by atoms with Crippen LogP contribution in [-0.4, -0.2) is 5.97 Å². The van der Waals surface area contributed by atoms with Gasteiger partial charge in [0.1, 0.15) is 0 Å². The van der Waals surface area contributed by atoms with Crippen LogP contribution in [0, 0.1) is 0 Å². The second-order valence-electron chi connectivity index (χ2n) is 4.59. The van der Waals surface area contributed by atoms with E-state index in [2.05, 4.69) is 0 Å². The van der Waals surface area contributed by atoms with E-state index in [1.165, 1.54) is 0 Å². The van der Waals surface area contributed by atoms with Crippen LogP contribution in [0.15, 0.2) is 60.7 Å². The number of carbonyl (C=O) groups is 1. The van der Waals surface area contributed by atoms with Crippen molar-refractivity contribution in [3.05, 3.63) is 71.8 Å². The number of nitrogens with two attached hydrogens (primary N) is 2. The van der Waals surface area contributed by atoms with Crippen molar-refractivity contribution in [2.24, 2.45) is 5.73 Å². The van der Waals surface area contributed by atoms with Crippen molar-refractivity contribution >= 4 is 17.7 Å². The lowest BCUT2D eigenvalue weighted by atomic mass is 10.2. The molecule has 0 spiro atoms. The normalized spacial score (nSPS) is 12.2. The Balaban J connectivity index is 1.83. The summed E-state index contributed by atoms with van der Waals surface area (Å²) in [5.74, 6) is -0.363. The van der Waals surface area contributed by atoms with E-state index < -0.39 is 6.23 Å². The minimum Gasteiger partial charge on any atom is -0.442 e. The summed E-state index contributed by atoms with van der Waals surface area (Å²) in [4.78, 5) is 11.7. The summed E-state index contributed by atoms with van der Waals surface area (Å²) in [6, 6.07) is 16.6. The predicted octanol–water partition coefficient (Wildman–Crippen LogP) is 2.87. The fraction of sp³-hybridized carbons (Fsp3) is 0.118. The lowest BCUT2D eigenvalue weighted by molar-refractivity contribution is -0.148. The van der Waals surface area contributed by atoms with E-state index in [0.29, 0.717) is 5.69 Å². The monoisotopic (exact) mass is 282 g/mol. The third-order valence-electron chi connectivity index (χ3n) is 2.92. The molecule has 0 bridgehead atoms. The zero-order valence-electron chi connectivity index (χ0n) is 11.6. The van der Waals surface area contributed by atoms with Crippen LogP contribution < -0.4 is 11.5 Å². The van der Waals surface area contributed by atoms with Crippen molar-refractivity contribution in [1.29, 1.82) is 0 Å². The molecule has 4 nitrogen and oxygen atoms in total. The molecule has 0 heterocycles. The smallest absolute Gasteiger partial charge is 0.311 e. The number of hydrogen-bond acceptors (Lipinski definition) is 4. The zero-order valence-corrected chi connectivity index (χ0v) is 11.6. The molecular weight excluding hydrogens is 264 g/mol. The van der Waals surface area contributed by atoms with Gasteiger partial charge in [0.2, 0.25) is 0 Å². The maximum Gasteiger partial charge on any atom is 0.311 e. The highest BCUT2D eigenvalue weighted by atomic mass is 16.6. The van der Waals surface area contributed by atoms with Gasteiger partial charge in [0.15, 0.2) is 6.23 Å². The van der Waals surface area contributed by atoms with E-state index in [1.807, 2.05) is 60.7 Å². The van der Waals surface area contributed by atoms with E-state index in [1.54, 1.807) is 6.08 Å². The van der Waals surface area contributed by atoms with Crippen molar-refractivity contribution < 1.29 is 9.53 Å². The summed E-state index contributed by atoms with van der Waals surface area (Å²) in [6.07, 6.45) is 3.02. The molecule has 0 aromatic heterocycles. The lowest BCUT2D eigenvalue weighted by Crippen LogP contribution is -2.18. The molecule has 4 heteroatoms. The molecule has 0 radical (unpaired) electrons. The maximum atomic E-state index is 11.7. The van der Waals surface area contributed by atoms with Crippen LogP contribution in [0.25, 0.3) is 6.08 Å². The number of benzene rings is 2. The van der Waals surface area contributed by atoms with E-state index in [-0.39, 0.29) is 12.4 Å². The Bertz CT molecular complexity index is 606. The SMILES string of the molecule is Nc1ccc(C=CCC(=O)OC(N)c2ccccc2)cc1. The third-order valence-corrected chi connectivity index (χ3v) is 2.92. The van der Waals surface area contributed by atoms with Gasteiger partial charge < -0.3 is 10.5 Å². The maximum absolute atomic E-state index is 11.7. The molecule has 0 fully saturated rings. The highest BCUT2D eigenvalue weighted by Crippen LogP contribution is 2.12. The second-order valence-corrected chi connectivity index (χ2v) is 4.59. The van der Waals surface area contributed by atoms with Crippen molar-refractivity contribution in [3.63, 3.8) is 0 Å². The Morgan fingerprint density at radius 3 is 2.43 bits per heavy atom. The first kappa shape index (κ1) is 14.8. The fourth-order valence-corrected chi connectivity index (χ4v) is 1.80. The second kappa shape index (κ2) is 7.26. The number of anilines is 1. The first-order valence-electron chi connectivity index (χ1n) is 6.67. The van der Waals surface area contributed by atoms with Gasteiger partial charge >= 0.3 is 5.97 Å². The fourth-order valence-electron chi connectivity index (χ4n) is 1.80. The van der Waals surface area contributed by atoms with Crippen LogP contribution in [0.3, 0.4) is 0 Å². The molecule has 108 valence electrons. The van der Waals surface area contributed by atoms with E-state index in [0.717, 1.165) is 11.1 Å². The zero-order chi connectivity index (χ0) is 15.1. The Hall–Kier alpha value is -2.59. The molecule has 2 aromatic rings. The van der Waals surface area contributed by atoms with Crippen LogP contribution in [-0.2, 0) is 9.53 Å². The van der Waals surface area contributed by atoms with Gasteiger partial charge in [-0.25, -0.2) is 0 Å². The van der Waals surface area contributed by atoms with Crippen molar-refractivity contribution in [1.82, 2.24) is 0 Å². The van der Waals surface area contributed by atoms with Gasteiger partial charge in [-0.05, 0) is 17.7 Å². The summed E-state index contributed by atoms with van der Waals surface area (Å²) in [7, 11) is 0. The van der Waals surface area contributed by atoms with Crippen molar-refractivity contribution in [3.8, 4) is 0 Å². The molecule has 0 aliphatic rings. The molecular formula is C17H18N2O2. The van der Waals surface area contributed by atoms with Gasteiger partial charge in [-0.2, -0.15) is 0 Å². The summed E-state index contributed by atoms with van der Waals surface area (Å²) < 4.78 is 5.16. The predicted molar refractivity (Wildman–Crippen MR) is 84.0 cm³/mol. The Morgan fingerprint density at radius 1 is 1.10 bits per heavy atom. The minimum atomic E-state index is -0.733. The van der Waals surface area contributed by atoms with E-state index in [9.17, 15) is 4.79 Å². The largest absolute Gasteiger partial charge is 0.442 e. The highest BCUT2D eigenvalue weighted by Gasteiger charge is 2.10. The summed E-state index contributed by atoms with van der Waals surface area (Å²) >= 11 is 0. The molecule has 0 saturated carbocycles. The van der Waals surface area contributed by atoms with Crippen LogP contribution in [0.5, 0.6) is 0 Å². The summed E-state index contributed by atoms with van der Waals surface area (Å²) in [6.45, 7) is 0. The molecule has 0 aliphatic carbocycles. The van der Waals surface area contributed by atoms with Crippen LogP contribution in [0.4, 0.5) is 5.69 Å². The molecule has 1 unspecified atom stereocenters. The average Bonchev–Trinajstić information content (AvgIpc) is 2.50. The number of hydrogen-bond donors (Lipinski definition) is 2. The molecule has 4 N–H and O–H groups in total. The molecule has 0 saturated heterocycles. The van der Waals surface area contributed by atoms with Crippen molar-refractivity contribution in [2.75, 3.05) is 5.73 Å². The van der Waals surface area contributed by atoms with Crippen molar-refractivity contribution in [2.45, 2.75) is 12.6 Å². The van der Waals surface area contributed by atoms with E-state index in [4.69, 9.17) is 16.2 Å². The molecule has 2 rings (SSSR count). The summed E-state index contributed by atoms with van der Waals surface area (Å²) in [5, 5.41) is 0. The quantitative estimate of drug-likeness (QED) is 0.502. The standard InChI is InChI=1S/C17H18N2O2/c18-15-11-9-13(10-12-15)5-4-8-16(20)21-17(19)14-6-2-1-3-7-14/h1-7,9-12,17H,8,18-19H2. The van der Waals surface area contributed by atoms with Crippen LogP contribution in [0.2, 0.25) is 0 Å². The molecule has 1 atom stereocenters. The Kier molecular flexibility index (Phi) is 5.12. The number of esters is 1. The summed E-state index contributed by atoms with van der Waals surface area (Å²) in [5.41, 5.74) is 13.9. The minimum absolute atomic E-state index is 0.172. The Morgan fingerprint density at radius 2 is 1.76 bits per heavy atom. The third kappa shape index (κ3) is 4.78. The highest BCUT2D eigenvalue weighted by molar-refractivity contribution is 5.73. The number of carbonyl (C=O) groups excluding carboxylic acids is 1. The van der Waals surface area contributed by atoms with Gasteiger partial charge in [-0.3, -0.25) is 10.5 Å². The van der Waals surface area contributed by atoms with Gasteiger partial charge in [-0.1, -0.05) is 54.6 Å². The molecule has 0 aliphatic heterocycles. The molecule has 21 heavy (non-hydrogen) atoms.